The third kappa shape index (κ3) is 2.74. The standard InChI is InChI=1S/C18H22N2O3/c21-17(14-5-1-2-6-14)20-12-18(13-20)15(8-10-23-18)11-22-16-7-3-4-9-19-16/h3-5,7,9,15H,1-2,6,8,10-13H2/t15-/m1/s1. The van der Waals surface area contributed by atoms with Gasteiger partial charge in [-0.05, 0) is 31.7 Å². The Hall–Kier alpha value is -1.88. The Morgan fingerprint density at radius 3 is 3.09 bits per heavy atom. The minimum Gasteiger partial charge on any atom is -0.477 e. The Morgan fingerprint density at radius 2 is 2.35 bits per heavy atom. The van der Waals surface area contributed by atoms with Gasteiger partial charge in [0.1, 0.15) is 5.60 Å². The summed E-state index contributed by atoms with van der Waals surface area (Å²) < 4.78 is 11.8. The quantitative estimate of drug-likeness (QED) is 0.855. The highest BCUT2D eigenvalue weighted by atomic mass is 16.5. The Bertz CT molecular complexity index is 608. The van der Waals surface area contributed by atoms with Gasteiger partial charge in [-0.1, -0.05) is 12.1 Å². The number of hydrogen-bond donors (Lipinski definition) is 0. The molecule has 1 aromatic rings. The summed E-state index contributed by atoms with van der Waals surface area (Å²) in [7, 11) is 0. The van der Waals surface area contributed by atoms with E-state index in [1.807, 2.05) is 23.1 Å². The van der Waals surface area contributed by atoms with E-state index in [2.05, 4.69) is 11.1 Å². The third-order valence-corrected chi connectivity index (χ3v) is 5.19. The Kier molecular flexibility index (Phi) is 3.81. The number of nitrogens with zero attached hydrogens (tertiary/aromatic N) is 2. The number of ether oxygens (including phenoxy) is 2. The topological polar surface area (TPSA) is 51.7 Å². The monoisotopic (exact) mass is 314 g/mol. The minimum atomic E-state index is -0.205. The molecule has 0 saturated carbocycles. The molecule has 3 aliphatic rings. The highest BCUT2D eigenvalue weighted by Gasteiger charge is 2.55. The van der Waals surface area contributed by atoms with Crippen molar-refractivity contribution in [3.8, 4) is 5.88 Å². The number of carbonyl (C=O) groups is 1. The lowest BCUT2D eigenvalue weighted by molar-refractivity contribution is -0.163. The van der Waals surface area contributed by atoms with Crippen molar-refractivity contribution in [1.82, 2.24) is 9.88 Å². The number of rotatable bonds is 4. The molecule has 0 radical (unpaired) electrons. The summed E-state index contributed by atoms with van der Waals surface area (Å²) in [6, 6.07) is 5.66. The third-order valence-electron chi connectivity index (χ3n) is 5.19. The molecule has 2 saturated heterocycles. The van der Waals surface area contributed by atoms with Crippen molar-refractivity contribution in [3.05, 3.63) is 36.0 Å². The molecule has 3 heterocycles. The van der Waals surface area contributed by atoms with Crippen LogP contribution in [0.15, 0.2) is 36.0 Å². The second-order valence-corrected chi connectivity index (χ2v) is 6.66. The Labute approximate surface area is 136 Å². The summed E-state index contributed by atoms with van der Waals surface area (Å²) in [6.45, 7) is 2.74. The first-order valence-corrected chi connectivity index (χ1v) is 8.43. The molecule has 1 aliphatic carbocycles. The summed E-state index contributed by atoms with van der Waals surface area (Å²) in [5, 5.41) is 0. The number of pyridine rings is 1. The van der Waals surface area contributed by atoms with Gasteiger partial charge >= 0.3 is 0 Å². The number of carbonyl (C=O) groups excluding carboxylic acids is 1. The maximum atomic E-state index is 12.4. The minimum absolute atomic E-state index is 0.202. The largest absolute Gasteiger partial charge is 0.477 e. The summed E-state index contributed by atoms with van der Waals surface area (Å²) >= 11 is 0. The van der Waals surface area contributed by atoms with Gasteiger partial charge in [-0.2, -0.15) is 0 Å². The number of aromatic nitrogens is 1. The van der Waals surface area contributed by atoms with Crippen LogP contribution in [0, 0.1) is 5.92 Å². The van der Waals surface area contributed by atoms with Crippen molar-refractivity contribution < 1.29 is 14.3 Å². The number of amides is 1. The molecule has 1 atom stereocenters. The molecule has 1 spiro atoms. The van der Waals surface area contributed by atoms with Crippen molar-refractivity contribution >= 4 is 5.91 Å². The van der Waals surface area contributed by atoms with Crippen LogP contribution in [0.5, 0.6) is 5.88 Å². The molecule has 0 bridgehead atoms. The van der Waals surface area contributed by atoms with Crippen molar-refractivity contribution in [1.29, 1.82) is 0 Å². The average molecular weight is 314 g/mol. The molecule has 4 rings (SSSR count). The maximum absolute atomic E-state index is 12.4. The number of likely N-dealkylation sites (tertiary alicyclic amines) is 1. The van der Waals surface area contributed by atoms with Crippen molar-refractivity contribution in [3.63, 3.8) is 0 Å². The van der Waals surface area contributed by atoms with E-state index >= 15 is 0 Å². The molecular formula is C18H22N2O3. The molecule has 5 heteroatoms. The normalized spacial score (nSPS) is 25.3. The first kappa shape index (κ1) is 14.7. The van der Waals surface area contributed by atoms with E-state index in [-0.39, 0.29) is 11.5 Å². The van der Waals surface area contributed by atoms with Gasteiger partial charge in [0.05, 0.1) is 19.7 Å². The summed E-state index contributed by atoms with van der Waals surface area (Å²) in [5.41, 5.74) is 0.781. The first-order valence-electron chi connectivity index (χ1n) is 8.43. The highest BCUT2D eigenvalue weighted by Crippen LogP contribution is 2.41. The van der Waals surface area contributed by atoms with E-state index in [4.69, 9.17) is 9.47 Å². The van der Waals surface area contributed by atoms with E-state index in [0.717, 1.165) is 37.9 Å². The van der Waals surface area contributed by atoms with Gasteiger partial charge in [0, 0.05) is 30.4 Å². The smallest absolute Gasteiger partial charge is 0.249 e. The molecule has 1 amide bonds. The molecule has 2 aliphatic heterocycles. The van der Waals surface area contributed by atoms with Crippen molar-refractivity contribution in [2.45, 2.75) is 31.3 Å². The number of hydrogen-bond acceptors (Lipinski definition) is 4. The van der Waals surface area contributed by atoms with Gasteiger partial charge in [0.15, 0.2) is 0 Å². The zero-order chi connectivity index (χ0) is 15.7. The van der Waals surface area contributed by atoms with Gasteiger partial charge in [-0.3, -0.25) is 4.79 Å². The zero-order valence-electron chi connectivity index (χ0n) is 13.2. The van der Waals surface area contributed by atoms with Gasteiger partial charge in [-0.25, -0.2) is 4.98 Å². The van der Waals surface area contributed by atoms with E-state index in [0.29, 0.717) is 31.5 Å². The molecule has 0 N–H and O–H groups in total. The van der Waals surface area contributed by atoms with Crippen LogP contribution in [0.3, 0.4) is 0 Å². The molecule has 0 aromatic carbocycles. The molecule has 5 nitrogen and oxygen atoms in total. The van der Waals surface area contributed by atoms with Crippen molar-refractivity contribution in [2.75, 3.05) is 26.3 Å². The van der Waals surface area contributed by atoms with Gasteiger partial charge in [0.2, 0.25) is 11.8 Å². The van der Waals surface area contributed by atoms with Crippen LogP contribution in [0.25, 0.3) is 0 Å². The Balaban J connectivity index is 1.34. The van der Waals surface area contributed by atoms with Gasteiger partial charge < -0.3 is 14.4 Å². The lowest BCUT2D eigenvalue weighted by Gasteiger charge is -2.50. The predicted molar refractivity (Wildman–Crippen MR) is 85.0 cm³/mol. The SMILES string of the molecule is O=C(C1=CCCC1)N1CC2(C1)OCC[C@@H]2COc1ccccn1. The molecule has 1 aromatic heterocycles. The second-order valence-electron chi connectivity index (χ2n) is 6.66. The highest BCUT2D eigenvalue weighted by molar-refractivity contribution is 5.94. The van der Waals surface area contributed by atoms with Gasteiger partial charge in [-0.15, -0.1) is 0 Å². The van der Waals surface area contributed by atoms with Crippen LogP contribution in [0.4, 0.5) is 0 Å². The van der Waals surface area contributed by atoms with Crippen LogP contribution in [0.2, 0.25) is 0 Å². The summed E-state index contributed by atoms with van der Waals surface area (Å²) in [4.78, 5) is 18.5. The lowest BCUT2D eigenvalue weighted by Crippen LogP contribution is -2.67. The van der Waals surface area contributed by atoms with Crippen LogP contribution >= 0.6 is 0 Å². The van der Waals surface area contributed by atoms with Crippen molar-refractivity contribution in [2.24, 2.45) is 5.92 Å². The lowest BCUT2D eigenvalue weighted by atomic mass is 9.81. The number of allylic oxidation sites excluding steroid dienone is 1. The Morgan fingerprint density at radius 1 is 1.43 bits per heavy atom. The molecule has 0 unspecified atom stereocenters. The second kappa shape index (κ2) is 5.96. The van der Waals surface area contributed by atoms with E-state index in [1.165, 1.54) is 0 Å². The molecule has 2 fully saturated rings. The first-order chi connectivity index (χ1) is 11.3. The van der Waals surface area contributed by atoms with Gasteiger partial charge in [0.25, 0.3) is 0 Å². The maximum Gasteiger partial charge on any atom is 0.249 e. The molecule has 122 valence electrons. The van der Waals surface area contributed by atoms with Crippen LogP contribution in [-0.4, -0.2) is 47.7 Å². The fraction of sp³-hybridized carbons (Fsp3) is 0.556. The summed E-state index contributed by atoms with van der Waals surface area (Å²) in [5.74, 6) is 1.18. The van der Waals surface area contributed by atoms with Crippen LogP contribution < -0.4 is 4.74 Å². The molecular weight excluding hydrogens is 292 g/mol. The fourth-order valence-corrected chi connectivity index (χ4v) is 3.80. The van der Waals surface area contributed by atoms with E-state index < -0.39 is 0 Å². The average Bonchev–Trinajstić information content (AvgIpc) is 3.21. The predicted octanol–water partition coefficient (Wildman–Crippen LogP) is 2.19. The zero-order valence-corrected chi connectivity index (χ0v) is 13.2. The van der Waals surface area contributed by atoms with Crippen LogP contribution in [-0.2, 0) is 9.53 Å². The van der Waals surface area contributed by atoms with E-state index in [1.54, 1.807) is 6.20 Å². The fourth-order valence-electron chi connectivity index (χ4n) is 3.80. The molecule has 23 heavy (non-hydrogen) atoms. The van der Waals surface area contributed by atoms with Crippen LogP contribution in [0.1, 0.15) is 25.7 Å². The van der Waals surface area contributed by atoms with E-state index in [9.17, 15) is 4.79 Å². The summed E-state index contributed by atoms with van der Waals surface area (Å²) in [6.07, 6.45) is 7.88.